The summed E-state index contributed by atoms with van der Waals surface area (Å²) in [6.07, 6.45) is 0.179. The molecule has 0 radical (unpaired) electrons. The Morgan fingerprint density at radius 3 is 2.64 bits per heavy atom. The quantitative estimate of drug-likeness (QED) is 0.774. The average Bonchev–Trinajstić information content (AvgIpc) is 2.91. The van der Waals surface area contributed by atoms with Gasteiger partial charge in [0.25, 0.3) is 0 Å². The van der Waals surface area contributed by atoms with Crippen LogP contribution < -0.4 is 15.5 Å². The van der Waals surface area contributed by atoms with Crippen LogP contribution >= 0.6 is 27.5 Å². The molecule has 5 nitrogen and oxygen atoms in total. The molecule has 0 aliphatic carbocycles. The fourth-order valence-electron chi connectivity index (χ4n) is 2.61. The molecule has 130 valence electrons. The topological polar surface area (TPSA) is 61.4 Å². The van der Waals surface area contributed by atoms with Crippen LogP contribution in [0.25, 0.3) is 0 Å². The molecule has 8 heteroatoms. The Morgan fingerprint density at radius 2 is 1.96 bits per heavy atom. The molecular weight excluding hydrogens is 413 g/mol. The summed E-state index contributed by atoms with van der Waals surface area (Å²) in [6, 6.07) is 10.3. The number of hydrogen-bond donors (Lipinski definition) is 2. The zero-order valence-corrected chi connectivity index (χ0v) is 15.3. The highest BCUT2D eigenvalue weighted by atomic mass is 79.9. The number of carbonyl (C=O) groups excluding carboxylic acids is 2. The molecule has 2 aromatic rings. The first-order chi connectivity index (χ1) is 11.9. The number of nitrogens with zero attached hydrogens (tertiary/aromatic N) is 1. The fraction of sp³-hybridized carbons (Fsp3) is 0.176. The fourth-order valence-corrected chi connectivity index (χ4v) is 3.07. The molecule has 0 saturated carbocycles. The molecule has 1 heterocycles. The summed E-state index contributed by atoms with van der Waals surface area (Å²) in [4.78, 5) is 25.8. The van der Waals surface area contributed by atoms with E-state index >= 15 is 0 Å². The van der Waals surface area contributed by atoms with E-state index in [1.807, 2.05) is 0 Å². The normalized spacial score (nSPS) is 16.8. The minimum absolute atomic E-state index is 0.0691. The minimum Gasteiger partial charge on any atom is -0.333 e. The van der Waals surface area contributed by atoms with Gasteiger partial charge in [0, 0.05) is 28.1 Å². The van der Waals surface area contributed by atoms with Crippen LogP contribution in [0.3, 0.4) is 0 Å². The number of nitrogens with one attached hydrogen (secondary N) is 2. The predicted molar refractivity (Wildman–Crippen MR) is 98.5 cm³/mol. The van der Waals surface area contributed by atoms with Gasteiger partial charge in [0.2, 0.25) is 5.91 Å². The number of halogens is 3. The van der Waals surface area contributed by atoms with Crippen molar-refractivity contribution in [1.82, 2.24) is 5.32 Å². The molecule has 1 fully saturated rings. The number of rotatable bonds is 3. The van der Waals surface area contributed by atoms with E-state index in [1.54, 1.807) is 35.2 Å². The average molecular weight is 427 g/mol. The van der Waals surface area contributed by atoms with E-state index in [0.717, 1.165) is 5.69 Å². The van der Waals surface area contributed by atoms with E-state index in [4.69, 9.17) is 11.6 Å². The van der Waals surface area contributed by atoms with E-state index in [0.29, 0.717) is 16.0 Å². The van der Waals surface area contributed by atoms with Gasteiger partial charge in [-0.05, 0) is 42.5 Å². The predicted octanol–water partition coefficient (Wildman–Crippen LogP) is 4.17. The van der Waals surface area contributed by atoms with Crippen LogP contribution in [0, 0.1) is 5.82 Å². The van der Waals surface area contributed by atoms with Gasteiger partial charge in [0.15, 0.2) is 0 Å². The van der Waals surface area contributed by atoms with Gasteiger partial charge in [-0.1, -0.05) is 27.5 Å². The van der Waals surface area contributed by atoms with Crippen molar-refractivity contribution in [2.75, 3.05) is 16.8 Å². The summed E-state index contributed by atoms with van der Waals surface area (Å²) in [6.45, 7) is 0.344. The summed E-state index contributed by atoms with van der Waals surface area (Å²) in [5.41, 5.74) is 0.789. The van der Waals surface area contributed by atoms with Crippen LogP contribution in [0.15, 0.2) is 46.9 Å². The third-order valence-corrected chi connectivity index (χ3v) is 4.52. The molecule has 25 heavy (non-hydrogen) atoms. The maximum atomic E-state index is 13.8. The monoisotopic (exact) mass is 425 g/mol. The van der Waals surface area contributed by atoms with E-state index in [-0.39, 0.29) is 24.1 Å². The van der Waals surface area contributed by atoms with E-state index < -0.39 is 11.8 Å². The molecule has 0 unspecified atom stereocenters. The molecule has 1 aliphatic rings. The van der Waals surface area contributed by atoms with Gasteiger partial charge < -0.3 is 15.5 Å². The number of amides is 3. The van der Waals surface area contributed by atoms with Crippen LogP contribution in [-0.2, 0) is 4.79 Å². The Hall–Kier alpha value is -2.12. The first-order valence-electron chi connectivity index (χ1n) is 7.51. The maximum Gasteiger partial charge on any atom is 0.319 e. The Labute approximate surface area is 157 Å². The standard InChI is InChI=1S/C17H14BrClFN3O2/c18-10-1-6-15(14(20)7-10)22-17(25)21-12-8-16(24)23(9-12)13-4-2-11(19)3-5-13/h1-7,12H,8-9H2,(H2,21,22,25)/t12-/m0/s1. The highest BCUT2D eigenvalue weighted by molar-refractivity contribution is 9.10. The van der Waals surface area contributed by atoms with Gasteiger partial charge >= 0.3 is 6.03 Å². The number of hydrogen-bond acceptors (Lipinski definition) is 2. The second-order valence-corrected chi connectivity index (χ2v) is 6.96. The second kappa shape index (κ2) is 7.41. The van der Waals surface area contributed by atoms with Crippen molar-refractivity contribution in [3.8, 4) is 0 Å². The van der Waals surface area contributed by atoms with E-state index in [2.05, 4.69) is 26.6 Å². The van der Waals surface area contributed by atoms with Gasteiger partial charge in [-0.3, -0.25) is 4.79 Å². The summed E-state index contributed by atoms with van der Waals surface area (Å²) in [5, 5.41) is 5.73. The molecule has 0 spiro atoms. The Morgan fingerprint density at radius 1 is 1.24 bits per heavy atom. The van der Waals surface area contributed by atoms with Crippen molar-refractivity contribution in [3.05, 3.63) is 57.8 Å². The van der Waals surface area contributed by atoms with Gasteiger partial charge in [0.05, 0.1) is 11.7 Å². The number of carbonyl (C=O) groups is 2. The third-order valence-electron chi connectivity index (χ3n) is 3.78. The lowest BCUT2D eigenvalue weighted by molar-refractivity contribution is -0.117. The summed E-state index contributed by atoms with van der Waals surface area (Å²) < 4.78 is 14.3. The van der Waals surface area contributed by atoms with Crippen molar-refractivity contribution < 1.29 is 14.0 Å². The third kappa shape index (κ3) is 4.29. The van der Waals surface area contributed by atoms with Gasteiger partial charge in [0.1, 0.15) is 5.82 Å². The van der Waals surface area contributed by atoms with Crippen LogP contribution in [-0.4, -0.2) is 24.5 Å². The van der Waals surface area contributed by atoms with Crippen molar-refractivity contribution in [1.29, 1.82) is 0 Å². The lowest BCUT2D eigenvalue weighted by atomic mass is 10.2. The zero-order valence-electron chi connectivity index (χ0n) is 12.9. The first-order valence-corrected chi connectivity index (χ1v) is 8.68. The molecule has 3 amide bonds. The molecule has 0 bridgehead atoms. The minimum atomic E-state index is -0.558. The second-order valence-electron chi connectivity index (χ2n) is 5.60. The van der Waals surface area contributed by atoms with Crippen LogP contribution in [0.5, 0.6) is 0 Å². The first kappa shape index (κ1) is 17.7. The maximum absolute atomic E-state index is 13.8. The van der Waals surface area contributed by atoms with Crippen LogP contribution in [0.1, 0.15) is 6.42 Å². The molecule has 1 saturated heterocycles. The molecule has 2 aromatic carbocycles. The number of urea groups is 1. The molecule has 0 aromatic heterocycles. The summed E-state index contributed by atoms with van der Waals surface area (Å²) in [5.74, 6) is -0.641. The van der Waals surface area contributed by atoms with E-state index in [1.165, 1.54) is 12.1 Å². The Bertz CT molecular complexity index is 816. The van der Waals surface area contributed by atoms with Crippen molar-refractivity contribution in [3.63, 3.8) is 0 Å². The number of anilines is 2. The molecule has 1 atom stereocenters. The molecule has 1 aliphatic heterocycles. The molecule has 3 rings (SSSR count). The molecule has 2 N–H and O–H groups in total. The lowest BCUT2D eigenvalue weighted by Gasteiger charge is -2.17. The SMILES string of the molecule is O=C(Nc1ccc(Br)cc1F)N[C@H]1CC(=O)N(c2ccc(Cl)cc2)C1. The summed E-state index contributed by atoms with van der Waals surface area (Å²) in [7, 11) is 0. The van der Waals surface area contributed by atoms with Gasteiger partial charge in [-0.15, -0.1) is 0 Å². The lowest BCUT2D eigenvalue weighted by Crippen LogP contribution is -2.39. The summed E-state index contributed by atoms with van der Waals surface area (Å²) >= 11 is 9.00. The van der Waals surface area contributed by atoms with Crippen molar-refractivity contribution in [2.24, 2.45) is 0 Å². The highest BCUT2D eigenvalue weighted by Gasteiger charge is 2.31. The highest BCUT2D eigenvalue weighted by Crippen LogP contribution is 2.24. The van der Waals surface area contributed by atoms with Crippen molar-refractivity contribution >= 4 is 50.8 Å². The van der Waals surface area contributed by atoms with Crippen molar-refractivity contribution in [2.45, 2.75) is 12.5 Å². The number of benzene rings is 2. The smallest absolute Gasteiger partial charge is 0.319 e. The van der Waals surface area contributed by atoms with Gasteiger partial charge in [-0.2, -0.15) is 0 Å². The largest absolute Gasteiger partial charge is 0.333 e. The Balaban J connectivity index is 1.61. The zero-order chi connectivity index (χ0) is 18.0. The molecular formula is C17H14BrClFN3O2. The van der Waals surface area contributed by atoms with Gasteiger partial charge in [-0.25, -0.2) is 9.18 Å². The van der Waals surface area contributed by atoms with Crippen LogP contribution in [0.2, 0.25) is 5.02 Å². The van der Waals surface area contributed by atoms with E-state index in [9.17, 15) is 14.0 Å². The van der Waals surface area contributed by atoms with Crippen LogP contribution in [0.4, 0.5) is 20.6 Å². The Kier molecular flexibility index (Phi) is 5.24.